The number of rotatable bonds is 4. The van der Waals surface area contributed by atoms with Gasteiger partial charge in [0, 0.05) is 10.7 Å². The van der Waals surface area contributed by atoms with Gasteiger partial charge in [0.15, 0.2) is 0 Å². The molecule has 0 atom stereocenters. The first kappa shape index (κ1) is 16.9. The molecule has 25 heavy (non-hydrogen) atoms. The Bertz CT molecular complexity index is 900. The third kappa shape index (κ3) is 4.78. The fraction of sp³-hybridized carbons (Fsp3) is 0. The van der Waals surface area contributed by atoms with E-state index in [1.54, 1.807) is 24.3 Å². The highest BCUT2D eigenvalue weighted by Crippen LogP contribution is 2.21. The van der Waals surface area contributed by atoms with Crippen molar-refractivity contribution >= 4 is 29.2 Å². The predicted molar refractivity (Wildman–Crippen MR) is 104 cm³/mol. The van der Waals surface area contributed by atoms with Crippen molar-refractivity contribution in [3.05, 3.63) is 95.3 Å². The molecule has 4 heteroatoms. The Morgan fingerprint density at radius 1 is 0.920 bits per heavy atom. The van der Waals surface area contributed by atoms with Crippen LogP contribution in [0.3, 0.4) is 0 Å². The van der Waals surface area contributed by atoms with Gasteiger partial charge >= 0.3 is 0 Å². The van der Waals surface area contributed by atoms with Crippen LogP contribution in [0, 0.1) is 11.2 Å². The van der Waals surface area contributed by atoms with Crippen LogP contribution in [0.4, 0.5) is 10.1 Å². The van der Waals surface area contributed by atoms with E-state index in [1.807, 2.05) is 48.5 Å². The van der Waals surface area contributed by atoms with E-state index in [-0.39, 0.29) is 11.7 Å². The van der Waals surface area contributed by atoms with Crippen molar-refractivity contribution in [3.63, 3.8) is 0 Å². The van der Waals surface area contributed by atoms with E-state index >= 15 is 0 Å². The van der Waals surface area contributed by atoms with Crippen molar-refractivity contribution in [2.24, 2.45) is 0 Å². The maximum Gasteiger partial charge on any atom is 0.123 e. The van der Waals surface area contributed by atoms with Crippen molar-refractivity contribution < 1.29 is 4.39 Å². The van der Waals surface area contributed by atoms with Gasteiger partial charge in [-0.2, -0.15) is 0 Å². The topological polar surface area (TPSA) is 35.9 Å². The summed E-state index contributed by atoms with van der Waals surface area (Å²) < 4.78 is 13.3. The Morgan fingerprint density at radius 3 is 2.32 bits per heavy atom. The number of hydrogen-bond donors (Lipinski definition) is 2. The monoisotopic (exact) mass is 350 g/mol. The van der Waals surface area contributed by atoms with Gasteiger partial charge in [-0.25, -0.2) is 4.39 Å². The Labute approximate surface area is 151 Å². The zero-order chi connectivity index (χ0) is 17.6. The van der Waals surface area contributed by atoms with E-state index in [4.69, 9.17) is 17.0 Å². The molecule has 0 amide bonds. The highest BCUT2D eigenvalue weighted by molar-refractivity contribution is 6.30. The maximum atomic E-state index is 13.3. The van der Waals surface area contributed by atoms with Crippen LogP contribution in [-0.2, 0) is 0 Å². The van der Waals surface area contributed by atoms with Gasteiger partial charge in [-0.15, -0.1) is 0 Å². The lowest BCUT2D eigenvalue weighted by atomic mass is 10.0. The molecule has 3 rings (SSSR count). The summed E-state index contributed by atoms with van der Waals surface area (Å²) in [6, 6.07) is 21.4. The Kier molecular flexibility index (Phi) is 5.26. The van der Waals surface area contributed by atoms with Gasteiger partial charge in [0.05, 0.1) is 0 Å². The van der Waals surface area contributed by atoms with E-state index < -0.39 is 0 Å². The van der Waals surface area contributed by atoms with Crippen LogP contribution >= 0.6 is 11.6 Å². The van der Waals surface area contributed by atoms with Crippen molar-refractivity contribution in [1.82, 2.24) is 0 Å². The molecule has 0 unspecified atom stereocenters. The van der Waals surface area contributed by atoms with Gasteiger partial charge in [-0.3, -0.25) is 5.41 Å². The van der Waals surface area contributed by atoms with Crippen LogP contribution in [0.1, 0.15) is 5.56 Å². The van der Waals surface area contributed by atoms with Gasteiger partial charge < -0.3 is 5.32 Å². The second-order valence-electron chi connectivity index (χ2n) is 5.51. The molecule has 0 fully saturated rings. The number of amidine groups is 1. The van der Waals surface area contributed by atoms with E-state index in [9.17, 15) is 4.39 Å². The predicted octanol–water partition coefficient (Wildman–Crippen LogP) is 6.25. The molecule has 0 aliphatic heterocycles. The Hall–Kier alpha value is -2.91. The van der Waals surface area contributed by atoms with Crippen molar-refractivity contribution in [2.45, 2.75) is 0 Å². The number of halogens is 2. The molecule has 0 aromatic heterocycles. The Morgan fingerprint density at radius 2 is 1.64 bits per heavy atom. The molecule has 0 saturated carbocycles. The average molecular weight is 351 g/mol. The molecule has 0 heterocycles. The van der Waals surface area contributed by atoms with E-state index in [0.29, 0.717) is 5.02 Å². The molecule has 2 nitrogen and oxygen atoms in total. The highest BCUT2D eigenvalue weighted by atomic mass is 35.5. The second kappa shape index (κ2) is 7.77. The van der Waals surface area contributed by atoms with Crippen LogP contribution in [0.5, 0.6) is 0 Å². The fourth-order valence-electron chi connectivity index (χ4n) is 2.36. The standard InChI is InChI=1S/C21H16ClFN2/c22-18-9-11-20(12-10-18)25-21(24)13-6-15-4-7-16(8-5-15)17-2-1-3-19(23)14-17/h1-14H,(H2,24,25)/b13-6+. The first-order valence-corrected chi connectivity index (χ1v) is 8.13. The summed E-state index contributed by atoms with van der Waals surface area (Å²) >= 11 is 5.84. The van der Waals surface area contributed by atoms with Crippen LogP contribution in [0.25, 0.3) is 17.2 Å². The largest absolute Gasteiger partial charge is 0.341 e. The normalized spacial score (nSPS) is 10.8. The van der Waals surface area contributed by atoms with Gasteiger partial charge in [-0.05, 0) is 59.2 Å². The molecule has 2 N–H and O–H groups in total. The van der Waals surface area contributed by atoms with Gasteiger partial charge in [-0.1, -0.05) is 54.1 Å². The summed E-state index contributed by atoms with van der Waals surface area (Å²) in [5.74, 6) is 0.0275. The molecule has 3 aromatic carbocycles. The minimum absolute atomic E-state index is 0.247. The van der Waals surface area contributed by atoms with E-state index in [1.165, 1.54) is 12.1 Å². The number of nitrogens with one attached hydrogen (secondary N) is 2. The number of hydrogen-bond acceptors (Lipinski definition) is 1. The van der Waals surface area contributed by atoms with E-state index in [2.05, 4.69) is 5.32 Å². The van der Waals surface area contributed by atoms with Crippen molar-refractivity contribution in [2.75, 3.05) is 5.32 Å². The molecular formula is C21H16ClFN2. The smallest absolute Gasteiger partial charge is 0.123 e. The molecule has 0 spiro atoms. The lowest BCUT2D eigenvalue weighted by molar-refractivity contribution is 0.628. The summed E-state index contributed by atoms with van der Waals surface area (Å²) in [6.45, 7) is 0. The molecule has 0 radical (unpaired) electrons. The first-order chi connectivity index (χ1) is 12.1. The molecule has 0 aliphatic carbocycles. The highest BCUT2D eigenvalue weighted by Gasteiger charge is 1.99. The maximum absolute atomic E-state index is 13.3. The Balaban J connectivity index is 1.65. The van der Waals surface area contributed by atoms with Gasteiger partial charge in [0.25, 0.3) is 0 Å². The molecule has 0 aliphatic rings. The molecule has 0 bridgehead atoms. The molecular weight excluding hydrogens is 335 g/mol. The SMILES string of the molecule is N=C(/C=C/c1ccc(-c2cccc(F)c2)cc1)Nc1ccc(Cl)cc1. The van der Waals surface area contributed by atoms with Crippen LogP contribution in [-0.4, -0.2) is 5.84 Å². The third-order valence-corrected chi connectivity index (χ3v) is 3.89. The molecule has 0 saturated heterocycles. The summed E-state index contributed by atoms with van der Waals surface area (Å²) in [6.07, 6.45) is 3.53. The first-order valence-electron chi connectivity index (χ1n) is 7.75. The second-order valence-corrected chi connectivity index (χ2v) is 5.95. The van der Waals surface area contributed by atoms with Crippen molar-refractivity contribution in [3.8, 4) is 11.1 Å². The van der Waals surface area contributed by atoms with Crippen LogP contribution < -0.4 is 5.32 Å². The average Bonchev–Trinajstić information content (AvgIpc) is 2.62. The number of anilines is 1. The third-order valence-electron chi connectivity index (χ3n) is 3.63. The van der Waals surface area contributed by atoms with Crippen LogP contribution in [0.2, 0.25) is 5.02 Å². The van der Waals surface area contributed by atoms with Crippen LogP contribution in [0.15, 0.2) is 78.9 Å². The minimum Gasteiger partial charge on any atom is -0.341 e. The van der Waals surface area contributed by atoms with E-state index in [0.717, 1.165) is 22.4 Å². The summed E-state index contributed by atoms with van der Waals surface area (Å²) in [5, 5.41) is 11.6. The summed E-state index contributed by atoms with van der Waals surface area (Å²) in [4.78, 5) is 0. The van der Waals surface area contributed by atoms with Gasteiger partial charge in [0.1, 0.15) is 11.7 Å². The zero-order valence-corrected chi connectivity index (χ0v) is 14.1. The number of benzene rings is 3. The lowest BCUT2D eigenvalue weighted by Gasteiger charge is -2.05. The lowest BCUT2D eigenvalue weighted by Crippen LogP contribution is -2.06. The van der Waals surface area contributed by atoms with Crippen molar-refractivity contribution in [1.29, 1.82) is 5.41 Å². The quantitative estimate of drug-likeness (QED) is 0.423. The summed E-state index contributed by atoms with van der Waals surface area (Å²) in [5.41, 5.74) is 3.56. The summed E-state index contributed by atoms with van der Waals surface area (Å²) in [7, 11) is 0. The minimum atomic E-state index is -0.247. The fourth-order valence-corrected chi connectivity index (χ4v) is 2.49. The van der Waals surface area contributed by atoms with Gasteiger partial charge in [0.2, 0.25) is 0 Å². The molecule has 124 valence electrons. The zero-order valence-electron chi connectivity index (χ0n) is 13.3. The molecule has 3 aromatic rings.